The van der Waals surface area contributed by atoms with Crippen LogP contribution in [0.4, 0.5) is 9.59 Å². The van der Waals surface area contributed by atoms with Gasteiger partial charge >= 0.3 is 18.2 Å². The summed E-state index contributed by atoms with van der Waals surface area (Å²) in [6.07, 6.45) is 2.53. The molecular weight excluding hydrogens is 1750 g/mol. The second-order valence-corrected chi connectivity index (χ2v) is 45.6. The highest BCUT2D eigenvalue weighted by atomic mass is 32.4. The number of carboxylic acid groups (broad SMARTS) is 1. The molecule has 0 heterocycles. The molecule has 0 saturated heterocycles. The second kappa shape index (κ2) is 44.4. The molecule has 36 heteroatoms. The van der Waals surface area contributed by atoms with Gasteiger partial charge in [-0.05, 0) is 174 Å². The van der Waals surface area contributed by atoms with Gasteiger partial charge in [0.2, 0.25) is 65.0 Å². The number of primary amides is 1. The molecule has 4 aliphatic carbocycles. The third-order valence-corrected chi connectivity index (χ3v) is 36.2. The molecule has 6 aromatic carbocycles. The summed E-state index contributed by atoms with van der Waals surface area (Å²) in [4.78, 5) is 234. The number of carboxylic acids is 1. The average molecular weight is 1870 g/mol. The van der Waals surface area contributed by atoms with Crippen molar-refractivity contribution in [2.45, 2.75) is 248 Å². The molecular formula is C95H119N13O19P2S2. The zero-order chi connectivity index (χ0) is 95.7. The number of hydrogen-bond donors (Lipinski definition) is 12. The maximum atomic E-state index is 16.4. The number of nitrogens with one attached hydrogen (secondary N) is 10. The quantitative estimate of drug-likeness (QED) is 0.0169. The fourth-order valence-electron chi connectivity index (χ4n) is 17.3. The Hall–Kier alpha value is -11.9. The number of ether oxygens (including phenoxy) is 2. The van der Waals surface area contributed by atoms with Crippen molar-refractivity contribution in [2.75, 3.05) is 25.5 Å². The van der Waals surface area contributed by atoms with Crippen molar-refractivity contribution in [3.05, 3.63) is 180 Å². The maximum absolute atomic E-state index is 16.4. The lowest BCUT2D eigenvalue weighted by atomic mass is 9.98. The normalized spacial score (nSPS) is 16.3. The first-order chi connectivity index (χ1) is 62.0. The number of carbonyl (C=O) groups is 16. The van der Waals surface area contributed by atoms with Crippen molar-refractivity contribution in [1.29, 1.82) is 0 Å². The number of carbonyl (C=O) groups excluding carboxylic acids is 15. The Kier molecular flexibility index (Phi) is 34.3. The minimum Gasteiger partial charge on any atom is -0.481 e. The molecule has 131 heavy (non-hydrogen) atoms. The predicted molar refractivity (Wildman–Crippen MR) is 502 cm³/mol. The van der Waals surface area contributed by atoms with Gasteiger partial charge in [-0.3, -0.25) is 67.1 Å². The van der Waals surface area contributed by atoms with Crippen LogP contribution in [0, 0.1) is 0 Å². The largest absolute Gasteiger partial charge is 0.481 e. The molecule has 32 nitrogen and oxygen atoms in total. The van der Waals surface area contributed by atoms with E-state index in [0.29, 0.717) is 46.1 Å². The second-order valence-electron chi connectivity index (χ2n) is 35.3. The van der Waals surface area contributed by atoms with Gasteiger partial charge in [0, 0.05) is 37.1 Å². The molecule has 0 aliphatic heterocycles. The minimum absolute atomic E-state index is 0.194. The van der Waals surface area contributed by atoms with Crippen LogP contribution in [-0.4, -0.2) is 218 Å². The van der Waals surface area contributed by atoms with Gasteiger partial charge in [-0.2, -0.15) is 0 Å². The number of fused-ring (bicyclic) bond motifs is 6. The zero-order valence-corrected chi connectivity index (χ0v) is 79.1. The van der Waals surface area contributed by atoms with Crippen LogP contribution >= 0.6 is 12.1 Å². The smallest absolute Gasteiger partial charge is 0.417 e. The summed E-state index contributed by atoms with van der Waals surface area (Å²) in [6, 6.07) is 23.7. The summed E-state index contributed by atoms with van der Waals surface area (Å²) in [5.41, 5.74) is 7.78. The van der Waals surface area contributed by atoms with Crippen molar-refractivity contribution < 1.29 is 91.3 Å². The lowest BCUT2D eigenvalue weighted by molar-refractivity contribution is -0.144. The van der Waals surface area contributed by atoms with E-state index < -0.39 is 216 Å². The van der Waals surface area contributed by atoms with Crippen molar-refractivity contribution in [2.24, 2.45) is 5.73 Å². The van der Waals surface area contributed by atoms with Crippen molar-refractivity contribution in [3.63, 3.8) is 0 Å². The third kappa shape index (κ3) is 24.7. The molecule has 2 fully saturated rings. The summed E-state index contributed by atoms with van der Waals surface area (Å²) in [7, 11) is 0. The fraction of sp³-hybridized carbons (Fsp3) is 0.453. The van der Waals surface area contributed by atoms with Crippen LogP contribution in [0.15, 0.2) is 158 Å². The summed E-state index contributed by atoms with van der Waals surface area (Å²) >= 11 is 13.9. The van der Waals surface area contributed by atoms with E-state index in [1.165, 1.54) is 83.1 Å². The summed E-state index contributed by atoms with van der Waals surface area (Å²) < 4.78 is 12.7. The number of nitrogens with two attached hydrogens (primary N) is 1. The Balaban J connectivity index is 1.03. The van der Waals surface area contributed by atoms with Gasteiger partial charge in [-0.1, -0.05) is 220 Å². The number of aliphatic carboxylic acids is 1. The van der Waals surface area contributed by atoms with E-state index in [2.05, 4.69) is 53.2 Å². The van der Waals surface area contributed by atoms with E-state index in [1.807, 2.05) is 97.1 Å². The first-order valence-electron chi connectivity index (χ1n) is 44.2. The molecule has 0 aromatic heterocycles. The molecule has 0 spiro atoms. The molecule has 6 aromatic rings. The van der Waals surface area contributed by atoms with Crippen LogP contribution in [0.3, 0.4) is 0 Å². The maximum Gasteiger partial charge on any atom is 0.417 e. The van der Waals surface area contributed by atoms with E-state index in [0.717, 1.165) is 83.0 Å². The van der Waals surface area contributed by atoms with Gasteiger partial charge in [-0.15, -0.1) is 0 Å². The van der Waals surface area contributed by atoms with E-state index >= 15 is 33.6 Å². The van der Waals surface area contributed by atoms with Crippen LogP contribution in [0.5, 0.6) is 0 Å². The standard InChI is InChI=1S/C95H119N13O19P2S2/c1-54(80(96)112)102-90(122)94(9,10)106-84(116)58(5)99-85(117)76(49-79(110)111)104-87(119)78(53-129(131,64-37-21-15-22-38-64)65-39-23-16-24-40-65)108(93(125)127-51-75-72-47-31-27-43-68(72)69-44-28-32-48-73(69)75)88(120)59(6)101-82(114)56(3)100-86(118)77(52-128(130,62-33-17-13-18-34-62)63-35-19-14-20-36-63)107(92(124)126-50-74-70-45-29-25-41-66(70)67-42-26-30-46-71(67)74)89(121)60(7)103-91(123)95(11,12)105-83(115)57(4)98-81(113)55(2)97-61(8)109/h13-14,17-20,25-36,41-48,54-60,64-65,74-78H,15-16,21-24,37-40,49-53H2,1-12H3,(H2,96,112)(H,97,109)(H,98,113)(H,99,117)(H,100,118)(H,101,114)(H,102,122)(H,103,123)(H,104,119)(H,105,115)(H,106,116)(H,110,111)/t54-,55-,56-,57-,58-,59-,60-,76-,77+,78-/m0/s1. The average Bonchev–Trinajstić information content (AvgIpc) is 1.68. The molecule has 10 rings (SSSR count). The van der Waals surface area contributed by atoms with Crippen molar-refractivity contribution in [3.8, 4) is 22.3 Å². The molecule has 0 radical (unpaired) electrons. The number of hydrogen-bond acceptors (Lipinski definition) is 20. The molecule has 4 aliphatic rings. The molecule has 700 valence electrons. The highest BCUT2D eigenvalue weighted by Gasteiger charge is 2.50. The van der Waals surface area contributed by atoms with E-state index in [9.17, 15) is 48.3 Å². The monoisotopic (exact) mass is 1870 g/mol. The van der Waals surface area contributed by atoms with Crippen molar-refractivity contribution in [1.82, 2.24) is 63.0 Å². The number of benzene rings is 6. The Bertz CT molecular complexity index is 5260. The molecule has 13 N–H and O–H groups in total. The zero-order valence-electron chi connectivity index (χ0n) is 75.7. The Morgan fingerprint density at radius 1 is 0.405 bits per heavy atom. The van der Waals surface area contributed by atoms with Gasteiger partial charge in [-0.25, -0.2) is 19.4 Å². The van der Waals surface area contributed by atoms with Crippen molar-refractivity contribution >= 4 is 141 Å². The molecule has 10 atom stereocenters. The summed E-state index contributed by atoms with van der Waals surface area (Å²) in [5.74, 6) is -16.0. The van der Waals surface area contributed by atoms with E-state index in [4.69, 9.17) is 38.8 Å². The Labute approximate surface area is 772 Å². The highest BCUT2D eigenvalue weighted by Crippen LogP contribution is 2.64. The van der Waals surface area contributed by atoms with Gasteiger partial charge in [0.15, 0.2) is 0 Å². The Morgan fingerprint density at radius 3 is 1.11 bits per heavy atom. The van der Waals surface area contributed by atoms with Crippen LogP contribution in [-0.2, 0) is 100 Å². The molecule has 0 bridgehead atoms. The lowest BCUT2D eigenvalue weighted by Crippen LogP contribution is -2.64. The van der Waals surface area contributed by atoms with Crippen LogP contribution in [0.1, 0.15) is 188 Å². The van der Waals surface area contributed by atoms with Gasteiger partial charge < -0.3 is 73.5 Å². The number of imide groups is 2. The fourth-order valence-corrected chi connectivity index (χ4v) is 27.5. The number of rotatable bonds is 38. The number of nitrogens with zero attached hydrogens (tertiary/aromatic N) is 2. The van der Waals surface area contributed by atoms with Gasteiger partial charge in [0.05, 0.1) is 6.42 Å². The SMILES string of the molecule is CC(=O)N[C@@H](C)C(=O)N[C@@H](C)C(=O)NC(C)(C)C(=O)N[C@@H](C)C(=O)N(C(=O)OCC1c2ccccc2-c2ccccc21)[C@H](CP(=S)(c1ccccc1)c1ccccc1)C(=O)N[C@@H](C)C(=O)N[C@@H](C)C(=O)N(C(=O)OCC1c2ccccc2-c2ccccc21)[C@@H](CP(=S)(C1CCCCC1)C1CCCCC1)C(=O)N[C@@H](CC(=O)O)C(=O)N[C@@H](C)C(=O)NC(C)(C)C(=O)N[C@@H](C)C(N)=O. The van der Waals surface area contributed by atoms with Crippen LogP contribution in [0.25, 0.3) is 22.3 Å². The van der Waals surface area contributed by atoms with Crippen LogP contribution in [0.2, 0.25) is 0 Å². The lowest BCUT2D eigenvalue weighted by Gasteiger charge is -2.44. The van der Waals surface area contributed by atoms with E-state index in [-0.39, 0.29) is 17.5 Å². The van der Waals surface area contributed by atoms with Crippen LogP contribution < -0.4 is 69.5 Å². The van der Waals surface area contributed by atoms with E-state index in [1.54, 1.807) is 60.7 Å². The number of amides is 15. The van der Waals surface area contributed by atoms with Gasteiger partial charge in [0.25, 0.3) is 11.8 Å². The predicted octanol–water partition coefficient (Wildman–Crippen LogP) is 7.34. The molecule has 0 unspecified atom stereocenters. The summed E-state index contributed by atoms with van der Waals surface area (Å²) in [5, 5.41) is 36.8. The molecule has 15 amide bonds. The Morgan fingerprint density at radius 2 is 0.725 bits per heavy atom. The highest BCUT2D eigenvalue weighted by molar-refractivity contribution is 8.22. The first-order valence-corrected chi connectivity index (χ1v) is 50.3. The summed E-state index contributed by atoms with van der Waals surface area (Å²) in [6.45, 7) is 14.5. The molecule has 2 saturated carbocycles. The third-order valence-electron chi connectivity index (χ3n) is 24.7. The topological polar surface area (TPSA) is 465 Å². The first kappa shape index (κ1) is 101. The minimum atomic E-state index is -3.53. The van der Waals surface area contributed by atoms with Gasteiger partial charge in [0.1, 0.15) is 84.7 Å².